The molecule has 5 heteroatoms. The summed E-state index contributed by atoms with van der Waals surface area (Å²) in [5.74, 6) is 0.0727. The molecule has 1 aromatic heterocycles. The summed E-state index contributed by atoms with van der Waals surface area (Å²) < 4.78 is 3.62. The Bertz CT molecular complexity index is 674. The quantitative estimate of drug-likeness (QED) is 0.883. The van der Waals surface area contributed by atoms with Crippen molar-refractivity contribution in [3.63, 3.8) is 0 Å². The minimum Gasteiger partial charge on any atom is -0.354 e. The van der Waals surface area contributed by atoms with Gasteiger partial charge in [-0.3, -0.25) is 13.9 Å². The number of aryl methyl sites for hydroxylation is 1. The summed E-state index contributed by atoms with van der Waals surface area (Å²) in [5, 5.41) is 2.84. The first-order chi connectivity index (χ1) is 9.22. The highest BCUT2D eigenvalue weighted by atomic mass is 16.2. The molecule has 3 rings (SSSR count). The van der Waals surface area contributed by atoms with Gasteiger partial charge in [-0.1, -0.05) is 12.1 Å². The molecular weight excluding hydrogens is 242 g/mol. The van der Waals surface area contributed by atoms with Crippen molar-refractivity contribution < 1.29 is 4.79 Å². The van der Waals surface area contributed by atoms with Gasteiger partial charge in [0.15, 0.2) is 0 Å². The van der Waals surface area contributed by atoms with Crippen molar-refractivity contribution in [2.75, 3.05) is 6.54 Å². The number of para-hydroxylation sites is 2. The average molecular weight is 259 g/mol. The predicted molar refractivity (Wildman–Crippen MR) is 73.2 cm³/mol. The van der Waals surface area contributed by atoms with E-state index in [1.54, 1.807) is 4.57 Å². The van der Waals surface area contributed by atoms with Gasteiger partial charge in [0.05, 0.1) is 17.1 Å². The Morgan fingerprint density at radius 3 is 2.63 bits per heavy atom. The number of aromatic nitrogens is 2. The maximum absolute atomic E-state index is 12.5. The topological polar surface area (TPSA) is 56.0 Å². The van der Waals surface area contributed by atoms with E-state index in [2.05, 4.69) is 5.32 Å². The molecule has 1 aliphatic heterocycles. The van der Waals surface area contributed by atoms with Gasteiger partial charge in [0, 0.05) is 19.5 Å². The lowest BCUT2D eigenvalue weighted by molar-refractivity contribution is -0.122. The lowest BCUT2D eigenvalue weighted by atomic mass is 10.1. The fourth-order valence-electron chi connectivity index (χ4n) is 2.83. The zero-order valence-corrected chi connectivity index (χ0v) is 10.9. The molecule has 100 valence electrons. The zero-order valence-electron chi connectivity index (χ0n) is 10.9. The molecule has 1 amide bonds. The van der Waals surface area contributed by atoms with E-state index in [-0.39, 0.29) is 17.6 Å². The van der Waals surface area contributed by atoms with E-state index in [1.807, 2.05) is 35.8 Å². The van der Waals surface area contributed by atoms with Gasteiger partial charge in [-0.05, 0) is 25.5 Å². The predicted octanol–water partition coefficient (Wildman–Crippen LogP) is 1.27. The second-order valence-electron chi connectivity index (χ2n) is 4.88. The summed E-state index contributed by atoms with van der Waals surface area (Å²) in [6.45, 7) is 3.17. The lowest BCUT2D eigenvalue weighted by Crippen LogP contribution is -2.39. The Kier molecular flexibility index (Phi) is 2.89. The van der Waals surface area contributed by atoms with Crippen molar-refractivity contribution in [2.45, 2.75) is 32.4 Å². The number of rotatable bonds is 2. The van der Waals surface area contributed by atoms with Crippen LogP contribution in [-0.4, -0.2) is 21.6 Å². The van der Waals surface area contributed by atoms with E-state index in [9.17, 15) is 9.59 Å². The Morgan fingerprint density at radius 2 is 2.00 bits per heavy atom. The summed E-state index contributed by atoms with van der Waals surface area (Å²) in [6, 6.07) is 7.89. The molecule has 0 saturated carbocycles. The first-order valence-electron chi connectivity index (χ1n) is 6.69. The van der Waals surface area contributed by atoms with E-state index >= 15 is 0 Å². The fraction of sp³-hybridized carbons (Fsp3) is 0.429. The molecule has 0 aliphatic carbocycles. The first kappa shape index (κ1) is 12.0. The normalized spacial score (nSPS) is 19.6. The molecule has 5 nitrogen and oxygen atoms in total. The molecule has 0 bridgehead atoms. The highest BCUT2D eigenvalue weighted by Crippen LogP contribution is 2.21. The number of carbonyl (C=O) groups is 1. The Morgan fingerprint density at radius 1 is 1.26 bits per heavy atom. The maximum atomic E-state index is 12.5. The Balaban J connectivity index is 2.15. The molecule has 1 saturated heterocycles. The van der Waals surface area contributed by atoms with E-state index in [1.165, 1.54) is 0 Å². The molecule has 2 heterocycles. The molecule has 1 N–H and O–H groups in total. The smallest absolute Gasteiger partial charge is 0.329 e. The van der Waals surface area contributed by atoms with E-state index in [0.717, 1.165) is 17.5 Å². The van der Waals surface area contributed by atoms with Gasteiger partial charge in [0.1, 0.15) is 0 Å². The van der Waals surface area contributed by atoms with Crippen molar-refractivity contribution >= 4 is 16.9 Å². The number of nitrogens with one attached hydrogen (secondary N) is 1. The number of hydrogen-bond acceptors (Lipinski definition) is 2. The summed E-state index contributed by atoms with van der Waals surface area (Å²) in [6.07, 6.45) is 1.21. The molecule has 1 atom stereocenters. The number of fused-ring (bicyclic) bond motifs is 1. The summed E-state index contributed by atoms with van der Waals surface area (Å²) in [5.41, 5.74) is 1.94. The van der Waals surface area contributed by atoms with Crippen LogP contribution in [0.25, 0.3) is 11.0 Å². The monoisotopic (exact) mass is 259 g/mol. The second kappa shape index (κ2) is 4.57. The van der Waals surface area contributed by atoms with Gasteiger partial charge in [-0.25, -0.2) is 4.79 Å². The summed E-state index contributed by atoms with van der Waals surface area (Å²) in [7, 11) is 0. The number of piperidine rings is 1. The third-order valence-corrected chi connectivity index (χ3v) is 3.79. The number of nitrogens with zero attached hydrogens (tertiary/aromatic N) is 2. The van der Waals surface area contributed by atoms with Crippen LogP contribution < -0.4 is 11.0 Å². The molecular formula is C14H17N3O2. The molecule has 1 fully saturated rings. The molecule has 19 heavy (non-hydrogen) atoms. The summed E-state index contributed by atoms with van der Waals surface area (Å²) in [4.78, 5) is 23.8. The van der Waals surface area contributed by atoms with Gasteiger partial charge >= 0.3 is 5.69 Å². The highest BCUT2D eigenvalue weighted by molar-refractivity contribution is 5.78. The van der Waals surface area contributed by atoms with Crippen molar-refractivity contribution in [1.82, 2.24) is 14.5 Å². The molecule has 0 radical (unpaired) electrons. The summed E-state index contributed by atoms with van der Waals surface area (Å²) >= 11 is 0. The van der Waals surface area contributed by atoms with E-state index < -0.39 is 0 Å². The number of imidazole rings is 1. The SMILES string of the molecule is CCn1c(=O)n(C2CCC(=O)NC2)c2ccccc21. The Hall–Kier alpha value is -2.04. The first-order valence-corrected chi connectivity index (χ1v) is 6.69. The van der Waals surface area contributed by atoms with Gasteiger partial charge < -0.3 is 5.32 Å². The minimum absolute atomic E-state index is 0.0184. The molecule has 1 aromatic carbocycles. The van der Waals surface area contributed by atoms with Crippen molar-refractivity contribution in [1.29, 1.82) is 0 Å². The minimum atomic E-state index is 0.0184. The molecule has 1 aliphatic rings. The maximum Gasteiger partial charge on any atom is 0.329 e. The van der Waals surface area contributed by atoms with Gasteiger partial charge in [-0.15, -0.1) is 0 Å². The molecule has 1 unspecified atom stereocenters. The highest BCUT2D eigenvalue weighted by Gasteiger charge is 2.24. The lowest BCUT2D eigenvalue weighted by Gasteiger charge is -2.23. The number of carbonyl (C=O) groups excluding carboxylic acids is 1. The fourth-order valence-corrected chi connectivity index (χ4v) is 2.83. The van der Waals surface area contributed by atoms with Crippen LogP contribution in [0.1, 0.15) is 25.8 Å². The second-order valence-corrected chi connectivity index (χ2v) is 4.88. The van der Waals surface area contributed by atoms with Crippen LogP contribution in [0.5, 0.6) is 0 Å². The molecule has 0 spiro atoms. The van der Waals surface area contributed by atoms with Crippen LogP contribution >= 0.6 is 0 Å². The zero-order chi connectivity index (χ0) is 13.4. The van der Waals surface area contributed by atoms with Crippen LogP contribution in [0, 0.1) is 0 Å². The van der Waals surface area contributed by atoms with Crippen molar-refractivity contribution in [3.05, 3.63) is 34.7 Å². The number of hydrogen-bond donors (Lipinski definition) is 1. The van der Waals surface area contributed by atoms with Crippen LogP contribution in [-0.2, 0) is 11.3 Å². The Labute approximate surface area is 110 Å². The van der Waals surface area contributed by atoms with Crippen LogP contribution in [0.2, 0.25) is 0 Å². The third-order valence-electron chi connectivity index (χ3n) is 3.79. The van der Waals surface area contributed by atoms with E-state index in [4.69, 9.17) is 0 Å². The van der Waals surface area contributed by atoms with Crippen molar-refractivity contribution in [3.8, 4) is 0 Å². The van der Waals surface area contributed by atoms with Gasteiger partial charge in [-0.2, -0.15) is 0 Å². The van der Waals surface area contributed by atoms with Crippen LogP contribution in [0.3, 0.4) is 0 Å². The number of benzene rings is 1. The van der Waals surface area contributed by atoms with Crippen molar-refractivity contribution in [2.24, 2.45) is 0 Å². The van der Waals surface area contributed by atoms with Gasteiger partial charge in [0.2, 0.25) is 5.91 Å². The largest absolute Gasteiger partial charge is 0.354 e. The van der Waals surface area contributed by atoms with Gasteiger partial charge in [0.25, 0.3) is 0 Å². The van der Waals surface area contributed by atoms with Crippen LogP contribution in [0.4, 0.5) is 0 Å². The number of amides is 1. The standard InChI is InChI=1S/C14H17N3O2/c1-2-16-11-5-3-4-6-12(11)17(14(16)19)10-7-8-13(18)15-9-10/h3-6,10H,2,7-9H2,1H3,(H,15,18). The third kappa shape index (κ3) is 1.85. The van der Waals surface area contributed by atoms with E-state index in [0.29, 0.717) is 19.5 Å². The average Bonchev–Trinajstić information content (AvgIpc) is 2.71. The molecule has 2 aromatic rings. The van der Waals surface area contributed by atoms with Crippen LogP contribution in [0.15, 0.2) is 29.1 Å².